The molecular formula is C2H4FN. The maximum absolute atomic E-state index is 11.0. The summed E-state index contributed by atoms with van der Waals surface area (Å²) in [5, 5.41) is 2.43. The molecule has 0 aromatic rings. The van der Waals surface area contributed by atoms with Crippen LogP contribution in [-0.4, -0.2) is 12.8 Å². The van der Waals surface area contributed by atoms with Crippen LogP contribution < -0.4 is 5.32 Å². The SMILES string of the molecule is F[C@@H]1CN1. The molecule has 0 saturated carbocycles. The number of hydrogen-bond donors (Lipinski definition) is 1. The molecule has 0 amide bonds. The number of halogens is 1. The maximum atomic E-state index is 11.0. The zero-order valence-corrected chi connectivity index (χ0v) is 2.16. The van der Waals surface area contributed by atoms with E-state index >= 15 is 0 Å². The Bertz CT molecular complexity index is 25.2. The third kappa shape index (κ3) is 0.179. The van der Waals surface area contributed by atoms with Crippen LogP contribution in [0.1, 0.15) is 0 Å². The Morgan fingerprint density at radius 2 is 2.25 bits per heavy atom. The summed E-state index contributed by atoms with van der Waals surface area (Å²) in [6.07, 6.45) is -0.667. The summed E-state index contributed by atoms with van der Waals surface area (Å²) >= 11 is 0. The number of nitrogens with one attached hydrogen (secondary N) is 1. The lowest BCUT2D eigenvalue weighted by Crippen LogP contribution is -1.69. The fourth-order valence-corrected chi connectivity index (χ4v) is 0.0445. The molecule has 2 heteroatoms. The van der Waals surface area contributed by atoms with E-state index in [1.165, 1.54) is 0 Å². The Morgan fingerprint density at radius 1 is 2.00 bits per heavy atom. The van der Waals surface area contributed by atoms with Crippen LogP contribution in [0, 0.1) is 0 Å². The highest BCUT2D eigenvalue weighted by Gasteiger charge is 2.16. The van der Waals surface area contributed by atoms with E-state index in [-0.39, 0.29) is 0 Å². The molecule has 1 nitrogen and oxygen atoms in total. The Labute approximate surface area is 23.8 Å². The van der Waals surface area contributed by atoms with E-state index in [0.29, 0.717) is 6.54 Å². The average Bonchev–Trinajstić information content (AvgIpc) is 1.75. The first-order chi connectivity index (χ1) is 1.89. The summed E-state index contributed by atoms with van der Waals surface area (Å²) in [4.78, 5) is 0. The van der Waals surface area contributed by atoms with Gasteiger partial charge in [-0.15, -0.1) is 0 Å². The van der Waals surface area contributed by atoms with Gasteiger partial charge in [-0.25, -0.2) is 4.39 Å². The van der Waals surface area contributed by atoms with Crippen molar-refractivity contribution in [2.24, 2.45) is 0 Å². The fraction of sp³-hybridized carbons (Fsp3) is 1.00. The average molecular weight is 61.1 g/mol. The Kier molecular flexibility index (Phi) is 0.232. The highest BCUT2D eigenvalue weighted by Crippen LogP contribution is 1.93. The van der Waals surface area contributed by atoms with Gasteiger partial charge in [0.2, 0.25) is 0 Å². The third-order valence-corrected chi connectivity index (χ3v) is 0.358. The zero-order chi connectivity index (χ0) is 2.99. The lowest BCUT2D eigenvalue weighted by molar-refractivity contribution is 0.472. The molecule has 1 heterocycles. The third-order valence-electron chi connectivity index (χ3n) is 0.358. The normalized spacial score (nSPS) is 39.8. The van der Waals surface area contributed by atoms with Crippen molar-refractivity contribution in [2.75, 3.05) is 6.54 Å². The van der Waals surface area contributed by atoms with Gasteiger partial charge in [-0.05, 0) is 0 Å². The van der Waals surface area contributed by atoms with E-state index in [1.54, 1.807) is 0 Å². The highest BCUT2D eigenvalue weighted by atomic mass is 19.1. The molecule has 1 aliphatic heterocycles. The zero-order valence-electron chi connectivity index (χ0n) is 2.16. The van der Waals surface area contributed by atoms with Crippen LogP contribution >= 0.6 is 0 Å². The summed E-state index contributed by atoms with van der Waals surface area (Å²) in [5.41, 5.74) is 0. The van der Waals surface area contributed by atoms with Crippen molar-refractivity contribution in [3.05, 3.63) is 0 Å². The van der Waals surface area contributed by atoms with Crippen LogP contribution in [0.5, 0.6) is 0 Å². The molecular weight excluding hydrogens is 57.0 g/mol. The largest absolute Gasteiger partial charge is 0.282 e. The van der Waals surface area contributed by atoms with Crippen LogP contribution in [0.3, 0.4) is 0 Å². The van der Waals surface area contributed by atoms with E-state index in [9.17, 15) is 4.39 Å². The van der Waals surface area contributed by atoms with E-state index < -0.39 is 6.30 Å². The number of alkyl halides is 1. The molecule has 1 N–H and O–H groups in total. The second-order valence-corrected chi connectivity index (χ2v) is 0.876. The molecule has 1 saturated heterocycles. The lowest BCUT2D eigenvalue weighted by Gasteiger charge is -1.49. The van der Waals surface area contributed by atoms with Gasteiger partial charge in [-0.1, -0.05) is 0 Å². The first kappa shape index (κ1) is 2.15. The standard InChI is InChI=1S/C2H4FN/c3-2-1-4-2/h2,4H,1H2/t2-/m0/s1. The Balaban J connectivity index is 2.17. The van der Waals surface area contributed by atoms with Crippen LogP contribution in [0.15, 0.2) is 0 Å². The molecule has 0 aliphatic carbocycles. The van der Waals surface area contributed by atoms with Crippen molar-refractivity contribution in [1.82, 2.24) is 5.32 Å². The molecule has 1 fully saturated rings. The van der Waals surface area contributed by atoms with Crippen molar-refractivity contribution < 1.29 is 4.39 Å². The molecule has 24 valence electrons. The van der Waals surface area contributed by atoms with E-state index in [2.05, 4.69) is 5.32 Å². The van der Waals surface area contributed by atoms with Gasteiger partial charge >= 0.3 is 0 Å². The van der Waals surface area contributed by atoms with Crippen molar-refractivity contribution in [3.8, 4) is 0 Å². The summed E-state index contributed by atoms with van der Waals surface area (Å²) < 4.78 is 11.0. The molecule has 0 aromatic heterocycles. The second kappa shape index (κ2) is 0.432. The smallest absolute Gasteiger partial charge is 0.163 e. The van der Waals surface area contributed by atoms with Gasteiger partial charge < -0.3 is 0 Å². The predicted molar refractivity (Wildman–Crippen MR) is 12.9 cm³/mol. The van der Waals surface area contributed by atoms with Crippen LogP contribution in [0.4, 0.5) is 4.39 Å². The topological polar surface area (TPSA) is 21.9 Å². The number of hydrogen-bond acceptors (Lipinski definition) is 1. The minimum Gasteiger partial charge on any atom is -0.282 e. The van der Waals surface area contributed by atoms with Crippen molar-refractivity contribution in [2.45, 2.75) is 6.30 Å². The predicted octanol–water partition coefficient (Wildman–Crippen LogP) is -0.115. The fourth-order valence-electron chi connectivity index (χ4n) is 0.0445. The monoisotopic (exact) mass is 61.0 g/mol. The van der Waals surface area contributed by atoms with Gasteiger partial charge in [0, 0.05) is 6.54 Å². The van der Waals surface area contributed by atoms with E-state index in [1.807, 2.05) is 0 Å². The lowest BCUT2D eigenvalue weighted by atomic mass is 10.9. The Hall–Kier alpha value is -0.110. The molecule has 1 rings (SSSR count). The first-order valence-electron chi connectivity index (χ1n) is 1.27. The second-order valence-electron chi connectivity index (χ2n) is 0.876. The quantitative estimate of drug-likeness (QED) is 0.306. The van der Waals surface area contributed by atoms with Gasteiger partial charge in [-0.2, -0.15) is 0 Å². The van der Waals surface area contributed by atoms with Crippen molar-refractivity contribution in [3.63, 3.8) is 0 Å². The summed E-state index contributed by atoms with van der Waals surface area (Å²) in [5.74, 6) is 0. The molecule has 0 bridgehead atoms. The van der Waals surface area contributed by atoms with E-state index in [4.69, 9.17) is 0 Å². The molecule has 1 aliphatic rings. The van der Waals surface area contributed by atoms with Gasteiger partial charge in [0.05, 0.1) is 0 Å². The number of rotatable bonds is 0. The molecule has 0 aromatic carbocycles. The minimum atomic E-state index is -0.667. The first-order valence-corrected chi connectivity index (χ1v) is 1.27. The summed E-state index contributed by atoms with van der Waals surface area (Å²) in [6, 6.07) is 0. The Morgan fingerprint density at radius 3 is 2.25 bits per heavy atom. The molecule has 0 radical (unpaired) electrons. The summed E-state index contributed by atoms with van der Waals surface area (Å²) in [6.45, 7) is 0.569. The van der Waals surface area contributed by atoms with E-state index in [0.717, 1.165) is 0 Å². The minimum absolute atomic E-state index is 0.569. The molecule has 0 unspecified atom stereocenters. The van der Waals surface area contributed by atoms with Gasteiger partial charge in [-0.3, -0.25) is 5.32 Å². The van der Waals surface area contributed by atoms with Crippen LogP contribution in [-0.2, 0) is 0 Å². The molecule has 0 spiro atoms. The van der Waals surface area contributed by atoms with Gasteiger partial charge in [0.1, 0.15) is 0 Å². The highest BCUT2D eigenvalue weighted by molar-refractivity contribution is 4.68. The van der Waals surface area contributed by atoms with Crippen LogP contribution in [0.25, 0.3) is 0 Å². The van der Waals surface area contributed by atoms with Crippen LogP contribution in [0.2, 0.25) is 0 Å². The van der Waals surface area contributed by atoms with Crippen molar-refractivity contribution >= 4 is 0 Å². The molecule has 4 heavy (non-hydrogen) atoms. The van der Waals surface area contributed by atoms with Gasteiger partial charge in [0.25, 0.3) is 0 Å². The summed E-state index contributed by atoms with van der Waals surface area (Å²) in [7, 11) is 0. The van der Waals surface area contributed by atoms with Gasteiger partial charge in [0.15, 0.2) is 6.30 Å². The maximum Gasteiger partial charge on any atom is 0.163 e. The molecule has 1 atom stereocenters. The van der Waals surface area contributed by atoms with Crippen molar-refractivity contribution in [1.29, 1.82) is 0 Å².